The molecule has 0 spiro atoms. The van der Waals surface area contributed by atoms with Crippen LogP contribution in [0.5, 0.6) is 23.0 Å². The van der Waals surface area contributed by atoms with E-state index in [1.165, 1.54) is 36.4 Å². The van der Waals surface area contributed by atoms with Crippen molar-refractivity contribution in [3.05, 3.63) is 84.1 Å². The number of fused-ring (bicyclic) bond motifs is 1. The van der Waals surface area contributed by atoms with E-state index in [0.29, 0.717) is 91.1 Å². The molecule has 1 saturated heterocycles. The van der Waals surface area contributed by atoms with Gasteiger partial charge in [-0.25, -0.2) is 8.78 Å². The van der Waals surface area contributed by atoms with Crippen LogP contribution in [0.3, 0.4) is 0 Å². The number of anilines is 1. The number of amides is 2. The zero-order valence-electron chi connectivity index (χ0n) is 32.5. The highest BCUT2D eigenvalue weighted by molar-refractivity contribution is 6.13. The van der Waals surface area contributed by atoms with E-state index in [4.69, 9.17) is 18.9 Å². The minimum absolute atomic E-state index is 0.00251. The van der Waals surface area contributed by atoms with Crippen LogP contribution in [-0.4, -0.2) is 78.5 Å². The standard InChI is InChI=1S/C43H52F2N4O7/c1-5-34(48-41(51)43(16-17-43)40(50)47-30-12-10-29(44)11-13-30)28-9-14-37(33(45)23-28)56-36-15-18-46-35-25-39(38(53-4)24-32(35)36)55-21-8-19-49-20-22-54-31(27-49)26-42(52,6-2)7-3/h9-15,18,23-25,31,34,52H,5-8,16-17,19-22,26-27H2,1-4H3,(H,47,50)(H,48,51). The number of carbonyl (C=O) groups is 2. The summed E-state index contributed by atoms with van der Waals surface area (Å²) in [5.41, 5.74) is -0.427. The van der Waals surface area contributed by atoms with Gasteiger partial charge in [0, 0.05) is 49.4 Å². The summed E-state index contributed by atoms with van der Waals surface area (Å²) in [5.74, 6) is -0.583. The number of hydrogen-bond donors (Lipinski definition) is 3. The lowest BCUT2D eigenvalue weighted by Gasteiger charge is -2.37. The van der Waals surface area contributed by atoms with E-state index in [2.05, 4.69) is 20.5 Å². The first kappa shape index (κ1) is 40.8. The number of ether oxygens (including phenoxy) is 4. The van der Waals surface area contributed by atoms with Crippen molar-refractivity contribution in [1.82, 2.24) is 15.2 Å². The van der Waals surface area contributed by atoms with E-state index in [1.54, 1.807) is 37.6 Å². The number of aliphatic hydroxyl groups is 1. The highest BCUT2D eigenvalue weighted by Gasteiger charge is 2.56. The van der Waals surface area contributed by atoms with Gasteiger partial charge in [-0.05, 0) is 92.6 Å². The van der Waals surface area contributed by atoms with Gasteiger partial charge in [0.2, 0.25) is 11.8 Å². The van der Waals surface area contributed by atoms with Crippen molar-refractivity contribution in [3.8, 4) is 23.0 Å². The van der Waals surface area contributed by atoms with E-state index in [-0.39, 0.29) is 11.9 Å². The van der Waals surface area contributed by atoms with Crippen LogP contribution in [0, 0.1) is 17.0 Å². The number of morpholine rings is 1. The second-order valence-electron chi connectivity index (χ2n) is 14.7. The SMILES string of the molecule is CCC(NC(=O)C1(C(=O)Nc2ccc(F)cc2)CC1)c1ccc(Oc2ccnc3cc(OCCCN4CCOC(CC(O)(CC)CC)C4)c(OC)cc23)c(F)c1. The summed E-state index contributed by atoms with van der Waals surface area (Å²) in [6.45, 7) is 9.40. The van der Waals surface area contributed by atoms with Gasteiger partial charge in [0.05, 0.1) is 43.6 Å². The summed E-state index contributed by atoms with van der Waals surface area (Å²) in [6, 6.07) is 14.5. The van der Waals surface area contributed by atoms with Gasteiger partial charge in [0.1, 0.15) is 17.0 Å². The van der Waals surface area contributed by atoms with Gasteiger partial charge in [-0.2, -0.15) is 0 Å². The Balaban J connectivity index is 1.06. The number of nitrogens with zero attached hydrogens (tertiary/aromatic N) is 2. The lowest BCUT2D eigenvalue weighted by molar-refractivity contribution is -0.135. The first-order valence-electron chi connectivity index (χ1n) is 19.5. The van der Waals surface area contributed by atoms with Gasteiger partial charge in [-0.3, -0.25) is 19.5 Å². The van der Waals surface area contributed by atoms with Crippen LogP contribution in [0.1, 0.15) is 77.3 Å². The number of benzene rings is 3. The fourth-order valence-electron chi connectivity index (χ4n) is 7.15. The monoisotopic (exact) mass is 774 g/mol. The average molecular weight is 775 g/mol. The van der Waals surface area contributed by atoms with Crippen LogP contribution >= 0.6 is 0 Å². The molecule has 13 heteroatoms. The zero-order chi connectivity index (χ0) is 39.9. The lowest BCUT2D eigenvalue weighted by atomic mass is 9.90. The average Bonchev–Trinajstić information content (AvgIpc) is 4.03. The molecule has 2 atom stereocenters. The zero-order valence-corrected chi connectivity index (χ0v) is 32.5. The van der Waals surface area contributed by atoms with Gasteiger partial charge in [0.15, 0.2) is 23.1 Å². The van der Waals surface area contributed by atoms with Gasteiger partial charge in [-0.15, -0.1) is 0 Å². The van der Waals surface area contributed by atoms with E-state index >= 15 is 4.39 Å². The van der Waals surface area contributed by atoms with Crippen molar-refractivity contribution < 1.29 is 42.4 Å². The topological polar surface area (TPSA) is 131 Å². The van der Waals surface area contributed by atoms with Crippen molar-refractivity contribution in [1.29, 1.82) is 0 Å². The van der Waals surface area contributed by atoms with E-state index in [9.17, 15) is 19.1 Å². The molecule has 1 aromatic heterocycles. The molecule has 3 N–H and O–H groups in total. The Morgan fingerprint density at radius 3 is 2.45 bits per heavy atom. The Labute approximate surface area is 326 Å². The Morgan fingerprint density at radius 2 is 1.77 bits per heavy atom. The molecule has 1 aliphatic heterocycles. The smallest absolute Gasteiger partial charge is 0.240 e. The predicted octanol–water partition coefficient (Wildman–Crippen LogP) is 7.71. The normalized spacial score (nSPS) is 17.2. The first-order valence-corrected chi connectivity index (χ1v) is 19.5. The number of carbonyl (C=O) groups excluding carboxylic acids is 2. The second kappa shape index (κ2) is 18.0. The van der Waals surface area contributed by atoms with E-state index < -0.39 is 40.5 Å². The van der Waals surface area contributed by atoms with Crippen molar-refractivity contribution in [2.75, 3.05) is 45.3 Å². The maximum absolute atomic E-state index is 15.6. The molecule has 2 fully saturated rings. The van der Waals surface area contributed by atoms with Gasteiger partial charge < -0.3 is 34.7 Å². The van der Waals surface area contributed by atoms with Gasteiger partial charge >= 0.3 is 0 Å². The van der Waals surface area contributed by atoms with Crippen molar-refractivity contribution in [2.24, 2.45) is 5.41 Å². The molecule has 2 heterocycles. The third-order valence-electron chi connectivity index (χ3n) is 11.0. The van der Waals surface area contributed by atoms with Crippen molar-refractivity contribution >= 4 is 28.4 Å². The molecule has 2 amide bonds. The molecule has 1 aliphatic carbocycles. The predicted molar refractivity (Wildman–Crippen MR) is 209 cm³/mol. The summed E-state index contributed by atoms with van der Waals surface area (Å²) in [6.07, 6.45) is 5.60. The van der Waals surface area contributed by atoms with Crippen LogP contribution in [0.4, 0.5) is 14.5 Å². The fourth-order valence-corrected chi connectivity index (χ4v) is 7.15. The Hall–Kier alpha value is -4.85. The van der Waals surface area contributed by atoms with Crippen LogP contribution in [0.25, 0.3) is 10.9 Å². The number of pyridine rings is 1. The van der Waals surface area contributed by atoms with Gasteiger partial charge in [0.25, 0.3) is 0 Å². The number of aromatic nitrogens is 1. The maximum atomic E-state index is 15.6. The Bertz CT molecular complexity index is 1990. The Kier molecular flexibility index (Phi) is 13.1. The number of rotatable bonds is 18. The minimum Gasteiger partial charge on any atom is -0.493 e. The number of hydrogen-bond acceptors (Lipinski definition) is 9. The van der Waals surface area contributed by atoms with E-state index in [1.807, 2.05) is 20.8 Å². The molecule has 0 bridgehead atoms. The highest BCUT2D eigenvalue weighted by Crippen LogP contribution is 2.47. The molecule has 0 radical (unpaired) electrons. The molecule has 3 aromatic carbocycles. The molecular weight excluding hydrogens is 722 g/mol. The molecule has 2 unspecified atom stereocenters. The van der Waals surface area contributed by atoms with Crippen LogP contribution in [-0.2, 0) is 14.3 Å². The number of halogens is 2. The lowest BCUT2D eigenvalue weighted by Crippen LogP contribution is -2.46. The summed E-state index contributed by atoms with van der Waals surface area (Å²) in [4.78, 5) is 33.3. The summed E-state index contributed by atoms with van der Waals surface area (Å²) in [7, 11) is 1.55. The third kappa shape index (κ3) is 9.56. The summed E-state index contributed by atoms with van der Waals surface area (Å²) in [5, 5.41) is 17.0. The quantitative estimate of drug-likeness (QED) is 0.0688. The molecule has 2 aliphatic rings. The summed E-state index contributed by atoms with van der Waals surface area (Å²) < 4.78 is 52.8. The maximum Gasteiger partial charge on any atom is 0.240 e. The molecule has 6 rings (SSSR count). The number of methoxy groups -OCH3 is 1. The molecule has 300 valence electrons. The van der Waals surface area contributed by atoms with Crippen LogP contribution in [0.15, 0.2) is 66.9 Å². The van der Waals surface area contributed by atoms with Gasteiger partial charge in [-0.1, -0.05) is 26.8 Å². The Morgan fingerprint density at radius 1 is 1.00 bits per heavy atom. The van der Waals surface area contributed by atoms with Crippen molar-refractivity contribution in [2.45, 2.75) is 83.5 Å². The molecule has 56 heavy (non-hydrogen) atoms. The third-order valence-corrected chi connectivity index (χ3v) is 11.0. The molecular formula is C43H52F2N4O7. The molecule has 11 nitrogen and oxygen atoms in total. The largest absolute Gasteiger partial charge is 0.493 e. The summed E-state index contributed by atoms with van der Waals surface area (Å²) >= 11 is 0. The second-order valence-corrected chi connectivity index (χ2v) is 14.7. The highest BCUT2D eigenvalue weighted by atomic mass is 19.1. The number of nitrogens with one attached hydrogen (secondary N) is 2. The van der Waals surface area contributed by atoms with Crippen molar-refractivity contribution in [3.63, 3.8) is 0 Å². The van der Waals surface area contributed by atoms with Crippen LogP contribution in [0.2, 0.25) is 0 Å². The van der Waals surface area contributed by atoms with E-state index in [0.717, 1.165) is 26.1 Å². The van der Waals surface area contributed by atoms with Crippen LogP contribution < -0.4 is 24.8 Å². The molecule has 4 aromatic rings. The first-order chi connectivity index (χ1) is 27.0. The minimum atomic E-state index is -1.23. The fraction of sp³-hybridized carbons (Fsp3) is 0.465. The molecule has 1 saturated carbocycles.